The number of pyridine rings is 1. The smallest absolute Gasteiger partial charge is 0.0697 e. The minimum absolute atomic E-state index is 0.365. The van der Waals surface area contributed by atoms with Crippen molar-refractivity contribution in [1.29, 1.82) is 0 Å². The van der Waals surface area contributed by atoms with E-state index in [0.717, 1.165) is 35.4 Å². The molecule has 106 valence electrons. The van der Waals surface area contributed by atoms with Crippen molar-refractivity contribution in [2.45, 2.75) is 25.8 Å². The van der Waals surface area contributed by atoms with Gasteiger partial charge in [0.25, 0.3) is 0 Å². The molecule has 21 heavy (non-hydrogen) atoms. The van der Waals surface area contributed by atoms with E-state index < -0.39 is 0 Å². The Morgan fingerprint density at radius 1 is 1.19 bits per heavy atom. The zero-order valence-electron chi connectivity index (χ0n) is 12.2. The second kappa shape index (κ2) is 5.92. The zero-order chi connectivity index (χ0) is 14.7. The second-order valence-electron chi connectivity index (χ2n) is 5.44. The van der Waals surface area contributed by atoms with Crippen molar-refractivity contribution in [2.24, 2.45) is 4.99 Å². The molecule has 2 aromatic rings. The molecule has 1 aromatic carbocycles. The average molecular weight is 277 g/mol. The van der Waals surface area contributed by atoms with Crippen LogP contribution in [0.5, 0.6) is 0 Å². The Morgan fingerprint density at radius 2 is 2.00 bits per heavy atom. The third kappa shape index (κ3) is 3.19. The van der Waals surface area contributed by atoms with E-state index in [-0.39, 0.29) is 0 Å². The molecule has 0 aliphatic carbocycles. The lowest BCUT2D eigenvalue weighted by Crippen LogP contribution is -2.16. The summed E-state index contributed by atoms with van der Waals surface area (Å²) in [5, 5.41) is 0. The summed E-state index contributed by atoms with van der Waals surface area (Å²) in [6.45, 7) is 2.16. The first kappa shape index (κ1) is 13.6. The van der Waals surface area contributed by atoms with E-state index in [9.17, 15) is 0 Å². The molecule has 3 heteroatoms. The SMILES string of the molecule is C[C@H]1CC/C(=C\c2ccc(N)cc2)C(c2cccnc2)=N1. The molecule has 0 radical (unpaired) electrons. The van der Waals surface area contributed by atoms with E-state index in [4.69, 9.17) is 10.7 Å². The number of nitrogens with two attached hydrogens (primary N) is 1. The topological polar surface area (TPSA) is 51.3 Å². The van der Waals surface area contributed by atoms with Gasteiger partial charge in [-0.05, 0) is 61.2 Å². The Bertz CT molecular complexity index is 669. The molecule has 2 N–H and O–H groups in total. The highest BCUT2D eigenvalue weighted by atomic mass is 14.8. The Balaban J connectivity index is 2.00. The molecule has 0 saturated carbocycles. The van der Waals surface area contributed by atoms with E-state index in [2.05, 4.69) is 24.1 Å². The molecule has 0 saturated heterocycles. The predicted octanol–water partition coefficient (Wildman–Crippen LogP) is 3.72. The van der Waals surface area contributed by atoms with Crippen molar-refractivity contribution in [1.82, 2.24) is 4.98 Å². The van der Waals surface area contributed by atoms with Gasteiger partial charge in [0, 0.05) is 29.7 Å². The Morgan fingerprint density at radius 3 is 2.71 bits per heavy atom. The van der Waals surface area contributed by atoms with Crippen LogP contribution in [0.15, 0.2) is 59.4 Å². The number of hydrogen-bond donors (Lipinski definition) is 1. The summed E-state index contributed by atoms with van der Waals surface area (Å²) < 4.78 is 0. The molecular formula is C18H19N3. The first-order valence-electron chi connectivity index (χ1n) is 7.27. The fourth-order valence-corrected chi connectivity index (χ4v) is 2.55. The number of anilines is 1. The van der Waals surface area contributed by atoms with Crippen LogP contribution >= 0.6 is 0 Å². The van der Waals surface area contributed by atoms with Crippen LogP contribution in [0.4, 0.5) is 5.69 Å². The highest BCUT2D eigenvalue weighted by molar-refractivity contribution is 6.15. The number of hydrogen-bond acceptors (Lipinski definition) is 3. The fourth-order valence-electron chi connectivity index (χ4n) is 2.55. The van der Waals surface area contributed by atoms with Crippen molar-refractivity contribution in [3.05, 3.63) is 65.5 Å². The summed E-state index contributed by atoms with van der Waals surface area (Å²) in [5.74, 6) is 0. The lowest BCUT2D eigenvalue weighted by molar-refractivity contribution is 0.655. The lowest BCUT2D eigenvalue weighted by Gasteiger charge is -2.20. The monoisotopic (exact) mass is 277 g/mol. The maximum absolute atomic E-state index is 5.74. The van der Waals surface area contributed by atoms with Crippen molar-refractivity contribution in [3.8, 4) is 0 Å². The summed E-state index contributed by atoms with van der Waals surface area (Å²) >= 11 is 0. The number of aromatic nitrogens is 1. The molecule has 0 fully saturated rings. The van der Waals surface area contributed by atoms with Gasteiger partial charge in [0.1, 0.15) is 0 Å². The number of benzene rings is 1. The molecule has 2 heterocycles. The van der Waals surface area contributed by atoms with Gasteiger partial charge in [-0.1, -0.05) is 12.1 Å². The van der Waals surface area contributed by atoms with Gasteiger partial charge in [-0.3, -0.25) is 9.98 Å². The number of aliphatic imine (C=N–C) groups is 1. The van der Waals surface area contributed by atoms with E-state index >= 15 is 0 Å². The van der Waals surface area contributed by atoms with Crippen LogP contribution in [-0.2, 0) is 0 Å². The summed E-state index contributed by atoms with van der Waals surface area (Å²) in [5.41, 5.74) is 11.1. The molecule has 3 rings (SSSR count). The largest absolute Gasteiger partial charge is 0.399 e. The van der Waals surface area contributed by atoms with Gasteiger partial charge >= 0.3 is 0 Å². The van der Waals surface area contributed by atoms with E-state index in [1.165, 1.54) is 5.57 Å². The van der Waals surface area contributed by atoms with Gasteiger partial charge in [-0.15, -0.1) is 0 Å². The van der Waals surface area contributed by atoms with Crippen molar-refractivity contribution in [2.75, 3.05) is 5.73 Å². The molecule has 1 aromatic heterocycles. The van der Waals surface area contributed by atoms with Crippen molar-refractivity contribution in [3.63, 3.8) is 0 Å². The molecule has 0 amide bonds. The highest BCUT2D eigenvalue weighted by Gasteiger charge is 2.17. The predicted molar refractivity (Wildman–Crippen MR) is 88.3 cm³/mol. The molecule has 3 nitrogen and oxygen atoms in total. The molecule has 0 unspecified atom stereocenters. The van der Waals surface area contributed by atoms with E-state index in [1.54, 1.807) is 6.20 Å². The minimum atomic E-state index is 0.365. The van der Waals surface area contributed by atoms with Crippen molar-refractivity contribution < 1.29 is 0 Å². The summed E-state index contributed by atoms with van der Waals surface area (Å²) in [6, 6.07) is 12.3. The minimum Gasteiger partial charge on any atom is -0.399 e. The zero-order valence-corrected chi connectivity index (χ0v) is 12.2. The van der Waals surface area contributed by atoms with Gasteiger partial charge in [0.15, 0.2) is 0 Å². The van der Waals surface area contributed by atoms with Crippen LogP contribution in [0.2, 0.25) is 0 Å². The number of rotatable bonds is 2. The van der Waals surface area contributed by atoms with Gasteiger partial charge < -0.3 is 5.73 Å². The van der Waals surface area contributed by atoms with E-state index in [0.29, 0.717) is 6.04 Å². The maximum Gasteiger partial charge on any atom is 0.0697 e. The van der Waals surface area contributed by atoms with Crippen LogP contribution < -0.4 is 5.73 Å². The molecule has 1 aliphatic rings. The second-order valence-corrected chi connectivity index (χ2v) is 5.44. The van der Waals surface area contributed by atoms with Crippen LogP contribution in [0.25, 0.3) is 6.08 Å². The Labute approximate surface area is 125 Å². The quantitative estimate of drug-likeness (QED) is 0.851. The normalized spacial score (nSPS) is 20.3. The Kier molecular flexibility index (Phi) is 3.82. The maximum atomic E-state index is 5.74. The van der Waals surface area contributed by atoms with Crippen molar-refractivity contribution >= 4 is 17.5 Å². The standard InChI is InChI=1S/C18H19N3/c1-13-4-7-15(11-14-5-8-17(19)9-6-14)18(21-13)16-3-2-10-20-12-16/h2-3,5-6,8-13H,4,7,19H2,1H3/b15-11+/t13-/m0/s1. The Hall–Kier alpha value is -2.42. The third-order valence-corrected chi connectivity index (χ3v) is 3.70. The highest BCUT2D eigenvalue weighted by Crippen LogP contribution is 2.25. The number of allylic oxidation sites excluding steroid dienone is 1. The third-order valence-electron chi connectivity index (χ3n) is 3.70. The van der Waals surface area contributed by atoms with Crippen LogP contribution in [0.3, 0.4) is 0 Å². The van der Waals surface area contributed by atoms with Gasteiger partial charge in [0.05, 0.1) is 5.71 Å². The molecule has 0 bridgehead atoms. The molecular weight excluding hydrogens is 258 g/mol. The van der Waals surface area contributed by atoms with Gasteiger partial charge in [-0.2, -0.15) is 0 Å². The number of nitrogens with zero attached hydrogens (tertiary/aromatic N) is 2. The summed E-state index contributed by atoms with van der Waals surface area (Å²) in [4.78, 5) is 9.04. The van der Waals surface area contributed by atoms with Crippen LogP contribution in [-0.4, -0.2) is 16.7 Å². The summed E-state index contributed by atoms with van der Waals surface area (Å²) in [6.07, 6.45) is 8.01. The van der Waals surface area contributed by atoms with Gasteiger partial charge in [-0.25, -0.2) is 0 Å². The molecule has 1 atom stereocenters. The fraction of sp³-hybridized carbons (Fsp3) is 0.222. The average Bonchev–Trinajstić information content (AvgIpc) is 2.52. The number of nitrogen functional groups attached to an aromatic ring is 1. The molecule has 0 spiro atoms. The van der Waals surface area contributed by atoms with Crippen LogP contribution in [0, 0.1) is 0 Å². The first-order valence-corrected chi connectivity index (χ1v) is 7.27. The van der Waals surface area contributed by atoms with E-state index in [1.807, 2.05) is 36.5 Å². The van der Waals surface area contributed by atoms with Crippen LogP contribution in [0.1, 0.15) is 30.9 Å². The van der Waals surface area contributed by atoms with Gasteiger partial charge in [0.2, 0.25) is 0 Å². The first-order chi connectivity index (χ1) is 10.2. The molecule has 1 aliphatic heterocycles. The lowest BCUT2D eigenvalue weighted by atomic mass is 9.92. The summed E-state index contributed by atoms with van der Waals surface area (Å²) in [7, 11) is 0.